The van der Waals surface area contributed by atoms with Gasteiger partial charge in [-0.3, -0.25) is 0 Å². The lowest BCUT2D eigenvalue weighted by molar-refractivity contribution is 0.625. The minimum atomic E-state index is -0.157. The molecular weight excluding hydrogens is 189 g/mol. The molecule has 0 bridgehead atoms. The molecule has 0 aliphatic carbocycles. The topological polar surface area (TPSA) is 12.0 Å². The van der Waals surface area contributed by atoms with Crippen LogP contribution in [-0.4, -0.2) is 13.1 Å². The summed E-state index contributed by atoms with van der Waals surface area (Å²) in [4.78, 5) is 0. The number of hydrogen-bond acceptors (Lipinski definition) is 1. The molecule has 0 aliphatic rings. The van der Waals surface area contributed by atoms with Crippen LogP contribution in [0.4, 0.5) is 4.39 Å². The Labute approximate surface area is 91.0 Å². The molecule has 1 aromatic carbocycles. The van der Waals surface area contributed by atoms with Gasteiger partial charge < -0.3 is 5.32 Å². The summed E-state index contributed by atoms with van der Waals surface area (Å²) in [6, 6.07) is 6.81. The monoisotopic (exact) mass is 207 g/mol. The molecule has 0 aromatic heterocycles. The molecular formula is C13H18FN. The van der Waals surface area contributed by atoms with Crippen LogP contribution in [0.15, 0.2) is 30.3 Å². The van der Waals surface area contributed by atoms with E-state index in [0.29, 0.717) is 5.56 Å². The normalized spacial score (nSPS) is 11.1. The summed E-state index contributed by atoms with van der Waals surface area (Å²) < 4.78 is 13.2. The van der Waals surface area contributed by atoms with Crippen LogP contribution in [0.1, 0.15) is 25.3 Å². The highest BCUT2D eigenvalue weighted by molar-refractivity contribution is 5.49. The third kappa shape index (κ3) is 4.75. The van der Waals surface area contributed by atoms with E-state index in [4.69, 9.17) is 0 Å². The molecule has 15 heavy (non-hydrogen) atoms. The molecule has 1 N–H and O–H groups in total. The van der Waals surface area contributed by atoms with E-state index in [9.17, 15) is 4.39 Å². The lowest BCUT2D eigenvalue weighted by atomic mass is 10.2. The highest BCUT2D eigenvalue weighted by atomic mass is 19.1. The number of nitrogens with one attached hydrogen (secondary N) is 1. The van der Waals surface area contributed by atoms with Gasteiger partial charge in [0.25, 0.3) is 0 Å². The van der Waals surface area contributed by atoms with E-state index in [1.807, 2.05) is 18.2 Å². The lowest BCUT2D eigenvalue weighted by Gasteiger charge is -1.98. The van der Waals surface area contributed by atoms with Gasteiger partial charge in [0, 0.05) is 5.56 Å². The fraction of sp³-hybridized carbons (Fsp3) is 0.385. The van der Waals surface area contributed by atoms with Gasteiger partial charge in [-0.25, -0.2) is 4.39 Å². The fourth-order valence-electron chi connectivity index (χ4n) is 1.31. The van der Waals surface area contributed by atoms with E-state index < -0.39 is 0 Å². The zero-order chi connectivity index (χ0) is 10.9. The Balaban J connectivity index is 2.29. The van der Waals surface area contributed by atoms with Gasteiger partial charge in [-0.05, 0) is 32.0 Å². The molecule has 0 saturated carbocycles. The first kappa shape index (κ1) is 11.9. The molecule has 0 fully saturated rings. The van der Waals surface area contributed by atoms with Crippen molar-refractivity contribution in [1.82, 2.24) is 5.32 Å². The highest BCUT2D eigenvalue weighted by Crippen LogP contribution is 2.08. The summed E-state index contributed by atoms with van der Waals surface area (Å²) in [5.41, 5.74) is 0.660. The summed E-state index contributed by atoms with van der Waals surface area (Å²) in [6.45, 7) is 4.15. The van der Waals surface area contributed by atoms with E-state index in [2.05, 4.69) is 12.2 Å². The molecule has 1 rings (SSSR count). The fourth-order valence-corrected chi connectivity index (χ4v) is 1.31. The minimum absolute atomic E-state index is 0.157. The predicted molar refractivity (Wildman–Crippen MR) is 63.2 cm³/mol. The van der Waals surface area contributed by atoms with Crippen LogP contribution in [0, 0.1) is 5.82 Å². The largest absolute Gasteiger partial charge is 0.316 e. The average molecular weight is 207 g/mol. The van der Waals surface area contributed by atoms with Crippen LogP contribution in [0.25, 0.3) is 6.08 Å². The average Bonchev–Trinajstić information content (AvgIpc) is 2.25. The summed E-state index contributed by atoms with van der Waals surface area (Å²) in [5, 5.41) is 3.29. The smallest absolute Gasteiger partial charge is 0.130 e. The molecule has 0 unspecified atom stereocenters. The van der Waals surface area contributed by atoms with E-state index in [-0.39, 0.29) is 5.82 Å². The zero-order valence-corrected chi connectivity index (χ0v) is 9.17. The maximum atomic E-state index is 13.2. The minimum Gasteiger partial charge on any atom is -0.316 e. The van der Waals surface area contributed by atoms with Gasteiger partial charge in [0.1, 0.15) is 5.82 Å². The third-order valence-electron chi connectivity index (χ3n) is 2.12. The first-order valence-electron chi connectivity index (χ1n) is 5.46. The van der Waals surface area contributed by atoms with Gasteiger partial charge in [-0.1, -0.05) is 37.3 Å². The van der Waals surface area contributed by atoms with Crippen molar-refractivity contribution in [2.75, 3.05) is 13.1 Å². The molecule has 0 amide bonds. The summed E-state index contributed by atoms with van der Waals surface area (Å²) in [6.07, 6.45) is 5.93. The van der Waals surface area contributed by atoms with Crippen LogP contribution < -0.4 is 5.32 Å². The summed E-state index contributed by atoms with van der Waals surface area (Å²) >= 11 is 0. The van der Waals surface area contributed by atoms with Gasteiger partial charge >= 0.3 is 0 Å². The van der Waals surface area contributed by atoms with Gasteiger partial charge in [-0.2, -0.15) is 0 Å². The Morgan fingerprint density at radius 2 is 2.07 bits per heavy atom. The number of benzene rings is 1. The Bertz CT molecular complexity index is 307. The van der Waals surface area contributed by atoms with Crippen LogP contribution >= 0.6 is 0 Å². The second-order valence-electron chi connectivity index (χ2n) is 3.46. The van der Waals surface area contributed by atoms with Crippen molar-refractivity contribution in [3.63, 3.8) is 0 Å². The van der Waals surface area contributed by atoms with Crippen molar-refractivity contribution in [3.8, 4) is 0 Å². The van der Waals surface area contributed by atoms with Crippen molar-refractivity contribution in [2.24, 2.45) is 0 Å². The first-order chi connectivity index (χ1) is 7.34. The van der Waals surface area contributed by atoms with Gasteiger partial charge in [0.15, 0.2) is 0 Å². The van der Waals surface area contributed by atoms with Gasteiger partial charge in [-0.15, -0.1) is 0 Å². The van der Waals surface area contributed by atoms with Gasteiger partial charge in [0.2, 0.25) is 0 Å². The predicted octanol–water partition coefficient (Wildman–Crippen LogP) is 3.23. The van der Waals surface area contributed by atoms with Crippen LogP contribution in [0.3, 0.4) is 0 Å². The second-order valence-corrected chi connectivity index (χ2v) is 3.46. The van der Waals surface area contributed by atoms with E-state index in [0.717, 1.165) is 25.9 Å². The van der Waals surface area contributed by atoms with Crippen molar-refractivity contribution < 1.29 is 4.39 Å². The summed E-state index contributed by atoms with van der Waals surface area (Å²) in [5.74, 6) is -0.157. The molecule has 1 aromatic rings. The quantitative estimate of drug-likeness (QED) is 0.706. The molecule has 0 atom stereocenters. The Hall–Kier alpha value is -1.15. The molecule has 2 heteroatoms. The first-order valence-corrected chi connectivity index (χ1v) is 5.46. The van der Waals surface area contributed by atoms with Crippen molar-refractivity contribution in [2.45, 2.75) is 19.8 Å². The van der Waals surface area contributed by atoms with Crippen molar-refractivity contribution >= 4 is 6.08 Å². The third-order valence-corrected chi connectivity index (χ3v) is 2.12. The molecule has 82 valence electrons. The molecule has 0 saturated heterocycles. The number of hydrogen-bond donors (Lipinski definition) is 1. The highest BCUT2D eigenvalue weighted by Gasteiger charge is 1.93. The van der Waals surface area contributed by atoms with Crippen molar-refractivity contribution in [1.29, 1.82) is 0 Å². The Morgan fingerprint density at radius 3 is 2.80 bits per heavy atom. The van der Waals surface area contributed by atoms with E-state index >= 15 is 0 Å². The summed E-state index contributed by atoms with van der Waals surface area (Å²) in [7, 11) is 0. The molecule has 1 nitrogen and oxygen atoms in total. The molecule has 0 radical (unpaired) electrons. The van der Waals surface area contributed by atoms with Crippen LogP contribution in [-0.2, 0) is 0 Å². The zero-order valence-electron chi connectivity index (χ0n) is 9.17. The van der Waals surface area contributed by atoms with E-state index in [1.165, 1.54) is 6.07 Å². The maximum Gasteiger partial charge on any atom is 0.130 e. The van der Waals surface area contributed by atoms with E-state index in [1.54, 1.807) is 12.1 Å². The lowest BCUT2D eigenvalue weighted by Crippen LogP contribution is -2.14. The number of halogens is 1. The van der Waals surface area contributed by atoms with Crippen LogP contribution in [0.5, 0.6) is 0 Å². The van der Waals surface area contributed by atoms with Gasteiger partial charge in [0.05, 0.1) is 0 Å². The Kier molecular flexibility index (Phi) is 5.71. The molecule has 0 aliphatic heterocycles. The molecule has 0 heterocycles. The number of rotatable bonds is 6. The Morgan fingerprint density at radius 1 is 1.27 bits per heavy atom. The van der Waals surface area contributed by atoms with Crippen molar-refractivity contribution in [3.05, 3.63) is 41.7 Å². The maximum absolute atomic E-state index is 13.2. The second kappa shape index (κ2) is 7.18. The standard InChI is InChI=1S/C13H18FN/c1-2-10-15-11-6-5-8-12-7-3-4-9-13(12)14/h3-5,7-9,15H,2,6,10-11H2,1H3. The molecule has 0 spiro atoms. The SMILES string of the molecule is CCCNCCC=Cc1ccccc1F. The van der Waals surface area contributed by atoms with Crippen LogP contribution in [0.2, 0.25) is 0 Å².